The molecule has 0 aromatic carbocycles. The standard InChI is InChI=1S/C10H12ClN3S/c1-7-8(3-4-11)15-10(13-7)9-12-5-6-14(9)2/h5-6H,3-4H2,1-2H3. The smallest absolute Gasteiger partial charge is 0.168 e. The summed E-state index contributed by atoms with van der Waals surface area (Å²) in [6, 6.07) is 0. The van der Waals surface area contributed by atoms with E-state index in [0.717, 1.165) is 22.9 Å². The molecule has 0 fully saturated rings. The van der Waals surface area contributed by atoms with E-state index < -0.39 is 0 Å². The Morgan fingerprint density at radius 2 is 2.33 bits per heavy atom. The van der Waals surface area contributed by atoms with Crippen LogP contribution >= 0.6 is 22.9 Å². The molecular formula is C10H12ClN3S. The van der Waals surface area contributed by atoms with E-state index in [1.165, 1.54) is 4.88 Å². The lowest BCUT2D eigenvalue weighted by Crippen LogP contribution is -1.90. The number of imidazole rings is 1. The molecule has 5 heteroatoms. The molecule has 2 aromatic heterocycles. The molecule has 0 bridgehead atoms. The van der Waals surface area contributed by atoms with Crippen LogP contribution in [0, 0.1) is 6.92 Å². The van der Waals surface area contributed by atoms with Crippen LogP contribution in [0.25, 0.3) is 10.8 Å². The highest BCUT2D eigenvalue weighted by Gasteiger charge is 2.11. The average molecular weight is 242 g/mol. The van der Waals surface area contributed by atoms with E-state index in [1.807, 2.05) is 24.7 Å². The number of halogens is 1. The SMILES string of the molecule is Cc1nc(-c2nccn2C)sc1CCCl. The number of alkyl halides is 1. The molecule has 0 spiro atoms. The number of thiazole rings is 1. The van der Waals surface area contributed by atoms with Crippen molar-refractivity contribution in [2.75, 3.05) is 5.88 Å². The third kappa shape index (κ3) is 2.06. The Hall–Kier alpha value is -0.870. The van der Waals surface area contributed by atoms with Gasteiger partial charge in [0.25, 0.3) is 0 Å². The summed E-state index contributed by atoms with van der Waals surface area (Å²) in [5, 5.41) is 0.972. The Bertz CT molecular complexity index is 461. The van der Waals surface area contributed by atoms with Crippen LogP contribution in [0.1, 0.15) is 10.6 Å². The molecule has 2 heterocycles. The van der Waals surface area contributed by atoms with Crippen molar-refractivity contribution in [2.45, 2.75) is 13.3 Å². The molecule has 0 aliphatic rings. The van der Waals surface area contributed by atoms with Gasteiger partial charge in [0.2, 0.25) is 0 Å². The minimum absolute atomic E-state index is 0.642. The summed E-state index contributed by atoms with van der Waals surface area (Å²) in [5.41, 5.74) is 1.07. The number of aryl methyl sites for hydroxylation is 3. The second-order valence-electron chi connectivity index (χ2n) is 3.33. The van der Waals surface area contributed by atoms with E-state index in [4.69, 9.17) is 11.6 Å². The van der Waals surface area contributed by atoms with Crippen LogP contribution in [0.3, 0.4) is 0 Å². The van der Waals surface area contributed by atoms with Crippen LogP contribution in [-0.4, -0.2) is 20.4 Å². The first-order valence-electron chi connectivity index (χ1n) is 4.72. The lowest BCUT2D eigenvalue weighted by molar-refractivity contribution is 0.921. The monoisotopic (exact) mass is 241 g/mol. The van der Waals surface area contributed by atoms with E-state index in [1.54, 1.807) is 17.5 Å². The topological polar surface area (TPSA) is 30.7 Å². The fourth-order valence-corrected chi connectivity index (χ4v) is 2.82. The van der Waals surface area contributed by atoms with Gasteiger partial charge in [-0.3, -0.25) is 0 Å². The summed E-state index contributed by atoms with van der Waals surface area (Å²) < 4.78 is 1.97. The highest BCUT2D eigenvalue weighted by atomic mass is 35.5. The first-order valence-corrected chi connectivity index (χ1v) is 6.07. The van der Waals surface area contributed by atoms with Gasteiger partial charge in [0.15, 0.2) is 10.8 Å². The summed E-state index contributed by atoms with van der Waals surface area (Å²) in [4.78, 5) is 10.0. The maximum atomic E-state index is 5.73. The summed E-state index contributed by atoms with van der Waals surface area (Å²) in [5.74, 6) is 1.56. The largest absolute Gasteiger partial charge is 0.332 e. The van der Waals surface area contributed by atoms with E-state index in [2.05, 4.69) is 9.97 Å². The molecule has 0 saturated carbocycles. The lowest BCUT2D eigenvalue weighted by Gasteiger charge is -1.94. The zero-order valence-electron chi connectivity index (χ0n) is 8.70. The Kier molecular flexibility index (Phi) is 3.07. The predicted octanol–water partition coefficient (Wildman–Crippen LogP) is 2.63. The van der Waals surface area contributed by atoms with Crippen molar-refractivity contribution in [3.63, 3.8) is 0 Å². The van der Waals surface area contributed by atoms with E-state index in [-0.39, 0.29) is 0 Å². The highest BCUT2D eigenvalue weighted by molar-refractivity contribution is 7.15. The first-order chi connectivity index (χ1) is 7.22. The van der Waals surface area contributed by atoms with Crippen molar-refractivity contribution in [1.29, 1.82) is 0 Å². The zero-order chi connectivity index (χ0) is 10.8. The Morgan fingerprint density at radius 1 is 1.53 bits per heavy atom. The molecule has 0 radical (unpaired) electrons. The maximum Gasteiger partial charge on any atom is 0.168 e. The molecule has 2 rings (SSSR count). The number of hydrogen-bond acceptors (Lipinski definition) is 3. The van der Waals surface area contributed by atoms with Crippen LogP contribution < -0.4 is 0 Å². The van der Waals surface area contributed by atoms with Gasteiger partial charge < -0.3 is 4.57 Å². The van der Waals surface area contributed by atoms with Crippen LogP contribution in [0.4, 0.5) is 0 Å². The summed E-state index contributed by atoms with van der Waals surface area (Å²) in [7, 11) is 1.97. The zero-order valence-corrected chi connectivity index (χ0v) is 10.3. The van der Waals surface area contributed by atoms with E-state index >= 15 is 0 Å². The third-order valence-electron chi connectivity index (χ3n) is 2.23. The molecule has 2 aromatic rings. The second kappa shape index (κ2) is 4.33. The molecule has 3 nitrogen and oxygen atoms in total. The van der Waals surface area contributed by atoms with Crippen LogP contribution in [-0.2, 0) is 13.5 Å². The van der Waals surface area contributed by atoms with Gasteiger partial charge in [0.1, 0.15) is 0 Å². The molecular weight excluding hydrogens is 230 g/mol. The normalized spacial score (nSPS) is 10.9. The number of hydrogen-bond donors (Lipinski definition) is 0. The van der Waals surface area contributed by atoms with Gasteiger partial charge in [-0.25, -0.2) is 9.97 Å². The van der Waals surface area contributed by atoms with Gasteiger partial charge in [-0.1, -0.05) is 0 Å². The molecule has 0 saturated heterocycles. The van der Waals surface area contributed by atoms with Gasteiger partial charge in [0.05, 0.1) is 5.69 Å². The van der Waals surface area contributed by atoms with E-state index in [9.17, 15) is 0 Å². The fraction of sp³-hybridized carbons (Fsp3) is 0.400. The number of aromatic nitrogens is 3. The molecule has 0 unspecified atom stereocenters. The highest BCUT2D eigenvalue weighted by Crippen LogP contribution is 2.26. The molecule has 80 valence electrons. The van der Waals surface area contributed by atoms with Crippen LogP contribution in [0.2, 0.25) is 0 Å². The third-order valence-corrected chi connectivity index (χ3v) is 3.63. The molecule has 0 amide bonds. The van der Waals surface area contributed by atoms with Crippen molar-refractivity contribution in [3.8, 4) is 10.8 Å². The average Bonchev–Trinajstić information content (AvgIpc) is 2.75. The number of rotatable bonds is 3. The van der Waals surface area contributed by atoms with Crippen LogP contribution in [0.15, 0.2) is 12.4 Å². The van der Waals surface area contributed by atoms with Gasteiger partial charge in [-0.2, -0.15) is 0 Å². The lowest BCUT2D eigenvalue weighted by atomic mass is 10.3. The quantitative estimate of drug-likeness (QED) is 0.774. The van der Waals surface area contributed by atoms with E-state index in [0.29, 0.717) is 5.88 Å². The van der Waals surface area contributed by atoms with Crippen molar-refractivity contribution >= 4 is 22.9 Å². The minimum Gasteiger partial charge on any atom is -0.332 e. The van der Waals surface area contributed by atoms with Crippen molar-refractivity contribution in [2.24, 2.45) is 7.05 Å². The summed E-state index contributed by atoms with van der Waals surface area (Å²) in [6.45, 7) is 2.02. The Balaban J connectivity index is 2.38. The van der Waals surface area contributed by atoms with Crippen LogP contribution in [0.5, 0.6) is 0 Å². The number of nitrogens with zero attached hydrogens (tertiary/aromatic N) is 3. The second-order valence-corrected chi connectivity index (χ2v) is 4.79. The van der Waals surface area contributed by atoms with Gasteiger partial charge in [-0.15, -0.1) is 22.9 Å². The molecule has 0 N–H and O–H groups in total. The first kappa shape index (κ1) is 10.6. The summed E-state index contributed by atoms with van der Waals surface area (Å²) in [6.07, 6.45) is 4.59. The molecule has 0 aliphatic heterocycles. The van der Waals surface area contributed by atoms with Crippen molar-refractivity contribution in [3.05, 3.63) is 23.0 Å². The summed E-state index contributed by atoms with van der Waals surface area (Å²) >= 11 is 7.41. The van der Waals surface area contributed by atoms with Gasteiger partial charge >= 0.3 is 0 Å². The van der Waals surface area contributed by atoms with Gasteiger partial charge in [-0.05, 0) is 13.3 Å². The van der Waals surface area contributed by atoms with Gasteiger partial charge in [0, 0.05) is 30.2 Å². The predicted molar refractivity (Wildman–Crippen MR) is 63.5 cm³/mol. The van der Waals surface area contributed by atoms with Crippen molar-refractivity contribution < 1.29 is 0 Å². The van der Waals surface area contributed by atoms with Crippen molar-refractivity contribution in [1.82, 2.24) is 14.5 Å². The Morgan fingerprint density at radius 3 is 2.93 bits per heavy atom. The molecule has 0 atom stereocenters. The molecule has 0 aliphatic carbocycles. The maximum absolute atomic E-state index is 5.73. The minimum atomic E-state index is 0.642. The Labute approximate surface area is 97.8 Å². The molecule has 15 heavy (non-hydrogen) atoms. The fourth-order valence-electron chi connectivity index (χ4n) is 1.41.